The van der Waals surface area contributed by atoms with E-state index in [1.165, 1.54) is 13.3 Å². The van der Waals surface area contributed by atoms with Gasteiger partial charge in [-0.3, -0.25) is 4.79 Å². The molecule has 10 heteroatoms. The van der Waals surface area contributed by atoms with Crippen LogP contribution >= 0.6 is 15.9 Å². The Kier molecular flexibility index (Phi) is 9.98. The summed E-state index contributed by atoms with van der Waals surface area (Å²) in [5, 5.41) is 7.70. The van der Waals surface area contributed by atoms with E-state index < -0.39 is 18.0 Å². The van der Waals surface area contributed by atoms with Crippen LogP contribution in [-0.4, -0.2) is 49.6 Å². The van der Waals surface area contributed by atoms with Gasteiger partial charge in [0.05, 0.1) is 19.9 Å². The number of hydrogen-bond donors (Lipinski definition) is 3. The highest BCUT2D eigenvalue weighted by molar-refractivity contribution is 9.10. The molecule has 0 bridgehead atoms. The maximum Gasteiger partial charge on any atom is 0.407 e. The number of ether oxygens (including phenoxy) is 3. The van der Waals surface area contributed by atoms with E-state index in [4.69, 9.17) is 20.6 Å². The Morgan fingerprint density at radius 3 is 2.78 bits per heavy atom. The molecule has 2 aromatic carbocycles. The van der Waals surface area contributed by atoms with Gasteiger partial charge in [0.15, 0.2) is 11.5 Å². The van der Waals surface area contributed by atoms with Crippen LogP contribution in [0, 0.1) is 18.3 Å². The van der Waals surface area contributed by atoms with Crippen LogP contribution in [0.1, 0.15) is 25.0 Å². The molecule has 0 saturated carbocycles. The largest absolute Gasteiger partial charge is 0.493 e. The zero-order chi connectivity index (χ0) is 26.8. The van der Waals surface area contributed by atoms with Crippen molar-refractivity contribution in [2.24, 2.45) is 11.0 Å². The number of amides is 2. The van der Waals surface area contributed by atoms with Gasteiger partial charge < -0.3 is 24.5 Å². The molecule has 3 N–H and O–H groups in total. The number of carbonyl (C=O) groups excluding carboxylic acids is 2. The zero-order valence-corrected chi connectivity index (χ0v) is 22.4. The number of nitrogens with zero attached hydrogens (tertiary/aromatic N) is 1. The molecule has 0 saturated heterocycles. The molecule has 0 unspecified atom stereocenters. The van der Waals surface area contributed by atoms with E-state index in [2.05, 4.69) is 42.7 Å². The van der Waals surface area contributed by atoms with Crippen molar-refractivity contribution in [1.82, 2.24) is 15.7 Å². The van der Waals surface area contributed by atoms with Crippen molar-refractivity contribution < 1.29 is 23.8 Å². The Labute approximate surface area is 224 Å². The van der Waals surface area contributed by atoms with Gasteiger partial charge in [0, 0.05) is 33.6 Å². The van der Waals surface area contributed by atoms with Gasteiger partial charge in [0.25, 0.3) is 5.91 Å². The fourth-order valence-corrected chi connectivity index (χ4v) is 3.96. The first-order valence-electron chi connectivity index (χ1n) is 11.6. The maximum absolute atomic E-state index is 13.1. The number of hydrogen-bond acceptors (Lipinski definition) is 6. The molecule has 1 atom stereocenters. The van der Waals surface area contributed by atoms with E-state index in [-0.39, 0.29) is 25.6 Å². The highest BCUT2D eigenvalue weighted by Gasteiger charge is 2.23. The van der Waals surface area contributed by atoms with Crippen LogP contribution in [0.5, 0.6) is 11.5 Å². The molecule has 1 aromatic heterocycles. The first kappa shape index (κ1) is 27.6. The van der Waals surface area contributed by atoms with Crippen molar-refractivity contribution in [2.75, 3.05) is 20.3 Å². The molecule has 0 radical (unpaired) electrons. The normalized spacial score (nSPS) is 11.8. The number of methoxy groups -OCH3 is 1. The summed E-state index contributed by atoms with van der Waals surface area (Å²) in [6.07, 6.45) is 8.10. The van der Waals surface area contributed by atoms with E-state index >= 15 is 0 Å². The predicted octanol–water partition coefficient (Wildman–Crippen LogP) is 4.39. The van der Waals surface area contributed by atoms with Crippen LogP contribution in [0.4, 0.5) is 4.79 Å². The van der Waals surface area contributed by atoms with E-state index in [0.29, 0.717) is 17.1 Å². The highest BCUT2D eigenvalue weighted by Crippen LogP contribution is 2.34. The number of rotatable bonds is 11. The number of terminal acetylenes is 1. The standard InChI is InChI=1S/C27H29BrN4O5/c1-5-10-36-25-19(11-20(28)13-24(25)35-4)15-30-32-26(33)23(31-27(34)37-16-17(2)3)12-18-14-29-22-9-7-6-8-21(18)22/h1,6-9,11,13-15,17,23,29H,10,12,16H2,2-4H3,(H,31,34)(H,32,33)/b30-15-/t23-/m0/s1. The van der Waals surface area contributed by atoms with Crippen molar-refractivity contribution >= 4 is 45.0 Å². The molecule has 9 nitrogen and oxygen atoms in total. The van der Waals surface area contributed by atoms with Gasteiger partial charge in [-0.25, -0.2) is 10.2 Å². The molecular formula is C27H29BrN4O5. The molecule has 37 heavy (non-hydrogen) atoms. The number of H-pyrrole nitrogens is 1. The van der Waals surface area contributed by atoms with Gasteiger partial charge in [-0.05, 0) is 29.7 Å². The second-order valence-electron chi connectivity index (χ2n) is 8.51. The van der Waals surface area contributed by atoms with Crippen LogP contribution in [0.2, 0.25) is 0 Å². The molecule has 0 aliphatic carbocycles. The Morgan fingerprint density at radius 1 is 1.27 bits per heavy atom. The smallest absolute Gasteiger partial charge is 0.407 e. The van der Waals surface area contributed by atoms with Crippen molar-refractivity contribution in [3.63, 3.8) is 0 Å². The Morgan fingerprint density at radius 2 is 2.05 bits per heavy atom. The van der Waals surface area contributed by atoms with Crippen molar-refractivity contribution in [1.29, 1.82) is 0 Å². The molecule has 0 aliphatic heterocycles. The third-order valence-corrected chi connectivity index (χ3v) is 5.66. The minimum absolute atomic E-state index is 0.0281. The Balaban J connectivity index is 1.80. The molecule has 1 heterocycles. The minimum Gasteiger partial charge on any atom is -0.493 e. The summed E-state index contributed by atoms with van der Waals surface area (Å²) in [4.78, 5) is 28.7. The Bertz CT molecular complexity index is 1310. The molecular weight excluding hydrogens is 540 g/mol. The average molecular weight is 569 g/mol. The lowest BCUT2D eigenvalue weighted by Crippen LogP contribution is -2.47. The third kappa shape index (κ3) is 7.75. The molecule has 3 rings (SSSR count). The van der Waals surface area contributed by atoms with Crippen LogP contribution in [0.3, 0.4) is 0 Å². The van der Waals surface area contributed by atoms with E-state index in [1.807, 2.05) is 44.3 Å². The number of para-hydroxylation sites is 1. The van der Waals surface area contributed by atoms with Crippen LogP contribution in [0.25, 0.3) is 10.9 Å². The van der Waals surface area contributed by atoms with Gasteiger partial charge in [-0.2, -0.15) is 5.10 Å². The number of aromatic amines is 1. The average Bonchev–Trinajstić information content (AvgIpc) is 3.28. The molecule has 194 valence electrons. The number of carbonyl (C=O) groups is 2. The SMILES string of the molecule is C#CCOc1c(/C=N\NC(=O)[C@H](Cc2c[nH]c3ccccc23)NC(=O)OCC(C)C)cc(Br)cc1OC. The van der Waals surface area contributed by atoms with Crippen LogP contribution in [-0.2, 0) is 16.0 Å². The number of benzene rings is 2. The van der Waals surface area contributed by atoms with Crippen molar-refractivity contribution in [3.05, 3.63) is 58.2 Å². The molecule has 0 fully saturated rings. The summed E-state index contributed by atoms with van der Waals surface area (Å²) in [7, 11) is 1.51. The predicted molar refractivity (Wildman–Crippen MR) is 146 cm³/mol. The fourth-order valence-electron chi connectivity index (χ4n) is 3.50. The number of nitrogens with one attached hydrogen (secondary N) is 3. The van der Waals surface area contributed by atoms with Crippen LogP contribution in [0.15, 0.2) is 52.2 Å². The van der Waals surface area contributed by atoms with Gasteiger partial charge >= 0.3 is 6.09 Å². The number of halogens is 1. The van der Waals surface area contributed by atoms with Crippen LogP contribution < -0.4 is 20.2 Å². The van der Waals surface area contributed by atoms with Gasteiger partial charge in [-0.1, -0.05) is 53.9 Å². The highest BCUT2D eigenvalue weighted by atomic mass is 79.9. The fraction of sp³-hybridized carbons (Fsp3) is 0.296. The lowest BCUT2D eigenvalue weighted by Gasteiger charge is -2.17. The topological polar surface area (TPSA) is 114 Å². The summed E-state index contributed by atoms with van der Waals surface area (Å²) in [6.45, 7) is 4.12. The molecule has 2 amide bonds. The lowest BCUT2D eigenvalue weighted by molar-refractivity contribution is -0.123. The summed E-state index contributed by atoms with van der Waals surface area (Å²) < 4.78 is 16.9. The van der Waals surface area contributed by atoms with E-state index in [1.54, 1.807) is 12.1 Å². The third-order valence-electron chi connectivity index (χ3n) is 5.20. The van der Waals surface area contributed by atoms with E-state index in [9.17, 15) is 9.59 Å². The molecule has 3 aromatic rings. The second-order valence-corrected chi connectivity index (χ2v) is 9.42. The summed E-state index contributed by atoms with van der Waals surface area (Å²) in [6, 6.07) is 10.3. The maximum atomic E-state index is 13.1. The molecule has 0 spiro atoms. The van der Waals surface area contributed by atoms with Gasteiger partial charge in [0.2, 0.25) is 0 Å². The van der Waals surface area contributed by atoms with Gasteiger partial charge in [0.1, 0.15) is 12.6 Å². The minimum atomic E-state index is -0.940. The number of hydrazone groups is 1. The number of aromatic nitrogens is 1. The summed E-state index contributed by atoms with van der Waals surface area (Å²) in [5.41, 5.74) is 4.82. The first-order valence-corrected chi connectivity index (χ1v) is 12.4. The zero-order valence-electron chi connectivity index (χ0n) is 20.8. The Hall–Kier alpha value is -3.97. The van der Waals surface area contributed by atoms with Gasteiger partial charge in [-0.15, -0.1) is 6.42 Å². The first-order chi connectivity index (χ1) is 17.8. The summed E-state index contributed by atoms with van der Waals surface area (Å²) >= 11 is 3.42. The number of alkyl carbamates (subject to hydrolysis) is 1. The lowest BCUT2D eigenvalue weighted by atomic mass is 10.0. The second kappa shape index (κ2) is 13.4. The molecule has 0 aliphatic rings. The van der Waals surface area contributed by atoms with Crippen molar-refractivity contribution in [3.8, 4) is 23.8 Å². The van der Waals surface area contributed by atoms with E-state index in [0.717, 1.165) is 20.9 Å². The number of fused-ring (bicyclic) bond motifs is 1. The van der Waals surface area contributed by atoms with Crippen molar-refractivity contribution in [2.45, 2.75) is 26.3 Å². The quantitative estimate of drug-likeness (QED) is 0.180. The monoisotopic (exact) mass is 568 g/mol. The summed E-state index contributed by atoms with van der Waals surface area (Å²) in [5.74, 6) is 2.88.